The van der Waals surface area contributed by atoms with Crippen molar-refractivity contribution >= 4 is 5.97 Å². The zero-order chi connectivity index (χ0) is 12.3. The highest BCUT2D eigenvalue weighted by Crippen LogP contribution is 2.26. The minimum absolute atomic E-state index is 0.132. The summed E-state index contributed by atoms with van der Waals surface area (Å²) in [6, 6.07) is 3.90. The third-order valence-corrected chi connectivity index (χ3v) is 2.16. The first-order valence-electron chi connectivity index (χ1n) is 4.40. The zero-order valence-electron chi connectivity index (χ0n) is 8.34. The van der Waals surface area contributed by atoms with Gasteiger partial charge in [0.1, 0.15) is 0 Å². The second-order valence-electron chi connectivity index (χ2n) is 3.42. The standard InChI is InChI=1S/C11H11NO4/c1-2-11(12,10(15)16)6-7-3-4-8(13)9(14)5-7/h1,3-5,13-14H,6,12H2,(H,15,16). The van der Waals surface area contributed by atoms with Gasteiger partial charge in [0.05, 0.1) is 0 Å². The van der Waals surface area contributed by atoms with E-state index in [2.05, 4.69) is 0 Å². The van der Waals surface area contributed by atoms with Crippen LogP contribution in [0.25, 0.3) is 0 Å². The Morgan fingerprint density at radius 3 is 2.50 bits per heavy atom. The molecule has 0 heterocycles. The molecule has 0 saturated heterocycles. The summed E-state index contributed by atoms with van der Waals surface area (Å²) in [5.74, 6) is 0.0429. The van der Waals surface area contributed by atoms with E-state index in [1.807, 2.05) is 5.92 Å². The fourth-order valence-electron chi connectivity index (χ4n) is 1.19. The average molecular weight is 221 g/mol. The number of benzene rings is 1. The first-order valence-corrected chi connectivity index (χ1v) is 4.40. The number of nitrogens with two attached hydrogens (primary N) is 1. The number of carboxylic acids is 1. The number of rotatable bonds is 3. The molecule has 1 aromatic rings. The number of hydrogen-bond acceptors (Lipinski definition) is 4. The van der Waals surface area contributed by atoms with E-state index < -0.39 is 11.5 Å². The number of hydrogen-bond donors (Lipinski definition) is 4. The molecule has 1 rings (SSSR count). The topological polar surface area (TPSA) is 104 Å². The van der Waals surface area contributed by atoms with Gasteiger partial charge in [0.15, 0.2) is 17.0 Å². The Morgan fingerprint density at radius 2 is 2.06 bits per heavy atom. The summed E-state index contributed by atoms with van der Waals surface area (Å²) >= 11 is 0. The average Bonchev–Trinajstić information content (AvgIpc) is 2.23. The van der Waals surface area contributed by atoms with Crippen LogP contribution in [0.3, 0.4) is 0 Å². The van der Waals surface area contributed by atoms with Crippen LogP contribution < -0.4 is 5.73 Å². The molecule has 1 unspecified atom stereocenters. The van der Waals surface area contributed by atoms with E-state index in [4.69, 9.17) is 22.4 Å². The predicted molar refractivity (Wildman–Crippen MR) is 56.9 cm³/mol. The largest absolute Gasteiger partial charge is 0.504 e. The molecule has 0 radical (unpaired) electrons. The Bertz CT molecular complexity index is 464. The van der Waals surface area contributed by atoms with Gasteiger partial charge in [0, 0.05) is 6.42 Å². The summed E-state index contributed by atoms with van der Waals surface area (Å²) in [7, 11) is 0. The second kappa shape index (κ2) is 4.13. The number of terminal acetylenes is 1. The molecule has 1 aromatic carbocycles. The van der Waals surface area contributed by atoms with E-state index in [0.29, 0.717) is 5.56 Å². The smallest absolute Gasteiger partial charge is 0.336 e. The van der Waals surface area contributed by atoms with Gasteiger partial charge >= 0.3 is 5.97 Å². The fraction of sp³-hybridized carbons (Fsp3) is 0.182. The fourth-order valence-corrected chi connectivity index (χ4v) is 1.19. The molecule has 84 valence electrons. The third-order valence-electron chi connectivity index (χ3n) is 2.16. The van der Waals surface area contributed by atoms with E-state index in [1.165, 1.54) is 18.2 Å². The summed E-state index contributed by atoms with van der Waals surface area (Å²) in [5, 5.41) is 27.1. The maximum Gasteiger partial charge on any atom is 0.336 e. The van der Waals surface area contributed by atoms with Gasteiger partial charge in [-0.15, -0.1) is 6.42 Å². The van der Waals surface area contributed by atoms with Crippen LogP contribution >= 0.6 is 0 Å². The summed E-state index contributed by atoms with van der Waals surface area (Å²) in [5.41, 5.74) is 4.09. The molecule has 0 saturated carbocycles. The van der Waals surface area contributed by atoms with Crippen LogP contribution in [0.2, 0.25) is 0 Å². The van der Waals surface area contributed by atoms with E-state index in [9.17, 15) is 9.90 Å². The maximum absolute atomic E-state index is 10.8. The van der Waals surface area contributed by atoms with Gasteiger partial charge in [0.25, 0.3) is 0 Å². The van der Waals surface area contributed by atoms with E-state index in [0.717, 1.165) is 0 Å². The lowest BCUT2D eigenvalue weighted by Crippen LogP contribution is -2.48. The summed E-state index contributed by atoms with van der Waals surface area (Å²) in [4.78, 5) is 10.8. The third kappa shape index (κ3) is 2.24. The first-order chi connectivity index (χ1) is 7.39. The van der Waals surface area contributed by atoms with Crippen molar-refractivity contribution in [2.75, 3.05) is 0 Å². The number of carboxylic acid groups (broad SMARTS) is 1. The predicted octanol–water partition coefficient (Wildman–Crippen LogP) is 0.0556. The Hall–Kier alpha value is -2.19. The van der Waals surface area contributed by atoms with Crippen LogP contribution in [-0.2, 0) is 11.2 Å². The van der Waals surface area contributed by atoms with Crippen LogP contribution in [0, 0.1) is 12.3 Å². The maximum atomic E-state index is 10.8. The molecule has 5 heteroatoms. The Kier molecular flexibility index (Phi) is 3.06. The molecule has 5 N–H and O–H groups in total. The molecule has 5 nitrogen and oxygen atoms in total. The minimum atomic E-state index is -1.82. The van der Waals surface area contributed by atoms with Crippen molar-refractivity contribution in [3.05, 3.63) is 23.8 Å². The van der Waals surface area contributed by atoms with Crippen molar-refractivity contribution in [3.8, 4) is 23.8 Å². The van der Waals surface area contributed by atoms with E-state index >= 15 is 0 Å². The van der Waals surface area contributed by atoms with Gasteiger partial charge in [-0.1, -0.05) is 12.0 Å². The van der Waals surface area contributed by atoms with Gasteiger partial charge in [-0.25, -0.2) is 4.79 Å². The van der Waals surface area contributed by atoms with Gasteiger partial charge in [0.2, 0.25) is 0 Å². The lowest BCUT2D eigenvalue weighted by molar-refractivity contribution is -0.141. The summed E-state index contributed by atoms with van der Waals surface area (Å²) < 4.78 is 0. The number of phenolic OH excluding ortho intramolecular Hbond substituents is 2. The van der Waals surface area contributed by atoms with Crippen molar-refractivity contribution in [3.63, 3.8) is 0 Å². The molecule has 0 aromatic heterocycles. The van der Waals surface area contributed by atoms with Crippen molar-refractivity contribution in [1.29, 1.82) is 0 Å². The Balaban J connectivity index is 3.01. The zero-order valence-corrected chi connectivity index (χ0v) is 8.34. The normalized spacial score (nSPS) is 13.8. The number of phenols is 2. The van der Waals surface area contributed by atoms with Crippen LogP contribution in [0.5, 0.6) is 11.5 Å². The van der Waals surface area contributed by atoms with Gasteiger partial charge in [-0.2, -0.15) is 0 Å². The molecule has 0 spiro atoms. The van der Waals surface area contributed by atoms with Crippen LogP contribution in [-0.4, -0.2) is 26.8 Å². The van der Waals surface area contributed by atoms with Crippen molar-refractivity contribution in [1.82, 2.24) is 0 Å². The molecule has 0 aliphatic heterocycles. The van der Waals surface area contributed by atoms with Gasteiger partial charge in [-0.3, -0.25) is 0 Å². The lowest BCUT2D eigenvalue weighted by atomic mass is 9.93. The Labute approximate surface area is 92.1 Å². The summed E-state index contributed by atoms with van der Waals surface area (Å²) in [6.07, 6.45) is 4.92. The van der Waals surface area contributed by atoms with Gasteiger partial charge < -0.3 is 21.1 Å². The molecule has 1 atom stereocenters. The Morgan fingerprint density at radius 1 is 1.44 bits per heavy atom. The second-order valence-corrected chi connectivity index (χ2v) is 3.42. The lowest BCUT2D eigenvalue weighted by Gasteiger charge is -2.18. The van der Waals surface area contributed by atoms with Crippen molar-refractivity contribution in [2.24, 2.45) is 5.73 Å². The molecule has 0 aliphatic carbocycles. The molecular formula is C11H11NO4. The molecule has 0 amide bonds. The van der Waals surface area contributed by atoms with E-state index in [1.54, 1.807) is 0 Å². The summed E-state index contributed by atoms with van der Waals surface area (Å²) in [6.45, 7) is 0. The van der Waals surface area contributed by atoms with E-state index in [-0.39, 0.29) is 17.9 Å². The number of carbonyl (C=O) groups is 1. The molecule has 16 heavy (non-hydrogen) atoms. The molecule has 0 aliphatic rings. The highest BCUT2D eigenvalue weighted by atomic mass is 16.4. The quantitative estimate of drug-likeness (QED) is 0.426. The van der Waals surface area contributed by atoms with Crippen molar-refractivity contribution < 1.29 is 20.1 Å². The number of aromatic hydroxyl groups is 2. The molecule has 0 fully saturated rings. The highest BCUT2D eigenvalue weighted by molar-refractivity contribution is 5.83. The van der Waals surface area contributed by atoms with Crippen molar-refractivity contribution in [2.45, 2.75) is 12.0 Å². The highest BCUT2D eigenvalue weighted by Gasteiger charge is 2.31. The van der Waals surface area contributed by atoms with Crippen LogP contribution in [0.1, 0.15) is 5.56 Å². The first kappa shape index (κ1) is 11.9. The molecule has 0 bridgehead atoms. The minimum Gasteiger partial charge on any atom is -0.504 e. The van der Waals surface area contributed by atoms with Gasteiger partial charge in [-0.05, 0) is 17.7 Å². The number of aliphatic carboxylic acids is 1. The SMILES string of the molecule is C#CC(N)(Cc1ccc(O)c(O)c1)C(=O)O. The monoisotopic (exact) mass is 221 g/mol. The van der Waals surface area contributed by atoms with Crippen LogP contribution in [0.4, 0.5) is 0 Å². The molecular weight excluding hydrogens is 210 g/mol. The van der Waals surface area contributed by atoms with Crippen LogP contribution in [0.15, 0.2) is 18.2 Å².